The van der Waals surface area contributed by atoms with Crippen LogP contribution in [-0.4, -0.2) is 56.0 Å². The summed E-state index contributed by atoms with van der Waals surface area (Å²) < 4.78 is 0. The van der Waals surface area contributed by atoms with E-state index in [2.05, 4.69) is 9.97 Å². The maximum absolute atomic E-state index is 11.6. The molecular weight excluding hydrogens is 234 g/mol. The Morgan fingerprint density at radius 2 is 1.71 bits per heavy atom. The summed E-state index contributed by atoms with van der Waals surface area (Å²) in [5, 5.41) is 17.1. The first kappa shape index (κ1) is 12.5. The van der Waals surface area contributed by atoms with E-state index >= 15 is 0 Å². The summed E-state index contributed by atoms with van der Waals surface area (Å²) in [6.45, 7) is -1.53. The Balaban J connectivity index is 2.89. The molecule has 0 atom stereocenters. The smallest absolute Gasteiger partial charge is 0.323 e. The van der Waals surface area contributed by atoms with Crippen molar-refractivity contribution in [3.05, 3.63) is 22.4 Å². The fourth-order valence-electron chi connectivity index (χ4n) is 1.14. The topological polar surface area (TPSA) is 144 Å². The zero-order chi connectivity index (χ0) is 13.0. The molecule has 1 aromatic rings. The Labute approximate surface area is 93.7 Å². The van der Waals surface area contributed by atoms with E-state index in [1.807, 2.05) is 0 Å². The molecule has 9 heteroatoms. The number of amides is 1. The summed E-state index contributed by atoms with van der Waals surface area (Å²) >= 11 is 0. The van der Waals surface area contributed by atoms with Gasteiger partial charge in [-0.2, -0.15) is 0 Å². The molecule has 1 rings (SSSR count). The van der Waals surface area contributed by atoms with Gasteiger partial charge in [0.15, 0.2) is 0 Å². The Kier molecular flexibility index (Phi) is 3.65. The average molecular weight is 243 g/mol. The van der Waals surface area contributed by atoms with Crippen molar-refractivity contribution < 1.29 is 24.6 Å². The van der Waals surface area contributed by atoms with Gasteiger partial charge in [0.25, 0.3) is 5.91 Å². The molecule has 0 fully saturated rings. The van der Waals surface area contributed by atoms with Gasteiger partial charge in [0.2, 0.25) is 0 Å². The van der Waals surface area contributed by atoms with Gasteiger partial charge >= 0.3 is 17.6 Å². The molecule has 0 radical (unpaired) electrons. The Morgan fingerprint density at radius 1 is 1.18 bits per heavy atom. The molecule has 0 aliphatic heterocycles. The molecule has 0 saturated heterocycles. The monoisotopic (exact) mass is 243 g/mol. The van der Waals surface area contributed by atoms with Crippen molar-refractivity contribution in [2.45, 2.75) is 0 Å². The van der Waals surface area contributed by atoms with Crippen LogP contribution in [0.2, 0.25) is 0 Å². The predicted octanol–water partition coefficient (Wildman–Crippen LogP) is -1.69. The summed E-state index contributed by atoms with van der Waals surface area (Å²) in [6.07, 6.45) is 1.04. The molecular formula is C8H9N3O6. The van der Waals surface area contributed by atoms with Crippen LogP contribution in [0.15, 0.2) is 11.0 Å². The normalized spacial score (nSPS) is 9.88. The summed E-state index contributed by atoms with van der Waals surface area (Å²) in [4.78, 5) is 48.2. The minimum Gasteiger partial charge on any atom is -0.480 e. The molecule has 0 aromatic carbocycles. The number of H-pyrrole nitrogens is 2. The SMILES string of the molecule is O=C(O)CN(CC(=O)O)C(=O)c1c[nH]c(=O)[nH]1. The number of hydrogen-bond acceptors (Lipinski definition) is 4. The lowest BCUT2D eigenvalue weighted by Crippen LogP contribution is -2.39. The number of aliphatic carboxylic acids is 2. The molecule has 0 spiro atoms. The van der Waals surface area contributed by atoms with Gasteiger partial charge in [-0.15, -0.1) is 0 Å². The highest BCUT2D eigenvalue weighted by Gasteiger charge is 2.22. The predicted molar refractivity (Wildman–Crippen MR) is 52.6 cm³/mol. The minimum absolute atomic E-state index is 0.197. The molecule has 0 saturated carbocycles. The molecule has 92 valence electrons. The van der Waals surface area contributed by atoms with Crippen LogP contribution in [0.5, 0.6) is 0 Å². The first-order valence-corrected chi connectivity index (χ1v) is 4.40. The number of aromatic amines is 2. The average Bonchev–Trinajstić information content (AvgIpc) is 2.61. The van der Waals surface area contributed by atoms with E-state index in [1.54, 1.807) is 0 Å². The molecule has 0 unspecified atom stereocenters. The second-order valence-electron chi connectivity index (χ2n) is 3.11. The van der Waals surface area contributed by atoms with Crippen LogP contribution in [0.1, 0.15) is 10.5 Å². The lowest BCUT2D eigenvalue weighted by molar-refractivity contribution is -0.140. The Hall–Kier alpha value is -2.58. The van der Waals surface area contributed by atoms with Gasteiger partial charge in [0.05, 0.1) is 0 Å². The Morgan fingerprint density at radius 3 is 2.06 bits per heavy atom. The maximum Gasteiger partial charge on any atom is 0.323 e. The van der Waals surface area contributed by atoms with Gasteiger partial charge < -0.3 is 25.1 Å². The minimum atomic E-state index is -1.35. The summed E-state index contributed by atoms with van der Waals surface area (Å²) in [6, 6.07) is 0. The molecule has 17 heavy (non-hydrogen) atoms. The van der Waals surface area contributed by atoms with Crippen molar-refractivity contribution in [1.82, 2.24) is 14.9 Å². The summed E-state index contributed by atoms with van der Waals surface area (Å²) in [7, 11) is 0. The number of carbonyl (C=O) groups excluding carboxylic acids is 1. The summed E-state index contributed by atoms with van der Waals surface area (Å²) in [5.74, 6) is -3.58. The van der Waals surface area contributed by atoms with Crippen LogP contribution in [-0.2, 0) is 9.59 Å². The number of carboxylic acid groups (broad SMARTS) is 2. The third-order valence-corrected chi connectivity index (χ3v) is 1.77. The molecule has 1 amide bonds. The van der Waals surface area contributed by atoms with Crippen LogP contribution in [0, 0.1) is 0 Å². The number of imidazole rings is 1. The number of nitrogens with zero attached hydrogens (tertiary/aromatic N) is 1. The lowest BCUT2D eigenvalue weighted by Gasteiger charge is -2.16. The van der Waals surface area contributed by atoms with E-state index < -0.39 is 36.6 Å². The van der Waals surface area contributed by atoms with Crippen LogP contribution in [0.4, 0.5) is 0 Å². The van der Waals surface area contributed by atoms with Crippen molar-refractivity contribution in [1.29, 1.82) is 0 Å². The van der Waals surface area contributed by atoms with Gasteiger partial charge in [0, 0.05) is 6.20 Å². The van der Waals surface area contributed by atoms with Crippen LogP contribution in [0.3, 0.4) is 0 Å². The standard InChI is InChI=1S/C8H9N3O6/c12-5(13)2-11(3-6(14)15)7(16)4-1-9-8(17)10-4/h1H,2-3H2,(H,12,13)(H,14,15)(H2,9,10,17). The summed E-state index contributed by atoms with van der Waals surface area (Å²) in [5.41, 5.74) is -0.837. The fourth-order valence-corrected chi connectivity index (χ4v) is 1.14. The van der Waals surface area contributed by atoms with Gasteiger partial charge in [-0.3, -0.25) is 14.4 Å². The van der Waals surface area contributed by atoms with Gasteiger partial charge in [0.1, 0.15) is 18.8 Å². The largest absolute Gasteiger partial charge is 0.480 e. The molecule has 0 aliphatic rings. The van der Waals surface area contributed by atoms with Crippen molar-refractivity contribution >= 4 is 17.8 Å². The molecule has 0 aliphatic carbocycles. The van der Waals surface area contributed by atoms with E-state index in [9.17, 15) is 19.2 Å². The zero-order valence-corrected chi connectivity index (χ0v) is 8.47. The van der Waals surface area contributed by atoms with Crippen molar-refractivity contribution in [3.8, 4) is 0 Å². The van der Waals surface area contributed by atoms with Crippen molar-refractivity contribution in [2.75, 3.05) is 13.1 Å². The van der Waals surface area contributed by atoms with Gasteiger partial charge in [-0.1, -0.05) is 0 Å². The second-order valence-corrected chi connectivity index (χ2v) is 3.11. The van der Waals surface area contributed by atoms with E-state index in [4.69, 9.17) is 10.2 Å². The van der Waals surface area contributed by atoms with Crippen LogP contribution < -0.4 is 5.69 Å². The molecule has 0 bridgehead atoms. The molecule has 9 nitrogen and oxygen atoms in total. The number of aromatic nitrogens is 2. The lowest BCUT2D eigenvalue weighted by atomic mass is 10.3. The first-order valence-electron chi connectivity index (χ1n) is 4.40. The third kappa shape index (κ3) is 3.48. The van der Waals surface area contributed by atoms with E-state index in [0.717, 1.165) is 6.20 Å². The number of nitrogens with one attached hydrogen (secondary N) is 2. The van der Waals surface area contributed by atoms with E-state index in [1.165, 1.54) is 0 Å². The number of carboxylic acids is 2. The first-order chi connectivity index (χ1) is 7.90. The zero-order valence-electron chi connectivity index (χ0n) is 8.47. The number of hydrogen-bond donors (Lipinski definition) is 4. The van der Waals surface area contributed by atoms with E-state index in [0.29, 0.717) is 4.90 Å². The molecule has 4 N–H and O–H groups in total. The van der Waals surface area contributed by atoms with Crippen molar-refractivity contribution in [3.63, 3.8) is 0 Å². The van der Waals surface area contributed by atoms with Gasteiger partial charge in [-0.25, -0.2) is 4.79 Å². The highest BCUT2D eigenvalue weighted by Crippen LogP contribution is 1.99. The number of rotatable bonds is 5. The molecule has 1 aromatic heterocycles. The quantitative estimate of drug-likeness (QED) is 0.486. The highest BCUT2D eigenvalue weighted by molar-refractivity contribution is 5.95. The second kappa shape index (κ2) is 4.96. The van der Waals surface area contributed by atoms with Crippen LogP contribution in [0.25, 0.3) is 0 Å². The number of carbonyl (C=O) groups is 3. The maximum atomic E-state index is 11.6. The Bertz CT molecular complexity index is 485. The van der Waals surface area contributed by atoms with E-state index in [-0.39, 0.29) is 5.69 Å². The highest BCUT2D eigenvalue weighted by atomic mass is 16.4. The van der Waals surface area contributed by atoms with Gasteiger partial charge in [-0.05, 0) is 0 Å². The van der Waals surface area contributed by atoms with Crippen LogP contribution >= 0.6 is 0 Å². The third-order valence-electron chi connectivity index (χ3n) is 1.77. The van der Waals surface area contributed by atoms with Crippen molar-refractivity contribution in [2.24, 2.45) is 0 Å². The molecule has 1 heterocycles. The fraction of sp³-hybridized carbons (Fsp3) is 0.250.